The smallest absolute Gasteiger partial charge is 0.240 e. The minimum Gasteiger partial charge on any atom is -0.468 e. The maximum absolute atomic E-state index is 11.8. The number of carbonyl (C=O) groups is 1. The van der Waals surface area contributed by atoms with Gasteiger partial charge in [-0.15, -0.1) is 29.4 Å². The first-order valence-corrected chi connectivity index (χ1v) is 6.31. The van der Waals surface area contributed by atoms with Gasteiger partial charge >= 0.3 is 0 Å². The molecule has 1 atom stereocenters. The molecule has 105 valence electrons. The standard InChI is InChI=1S/C14H15ClNO3.Y/c1-16-13(8-7-12(15)14(16)17)10-3-5-11(6-4-10)19-9-18-2;/h3-6,12H,7,9H2,1-2H3;/q-1;. The van der Waals surface area contributed by atoms with Crippen molar-refractivity contribution in [2.45, 2.75) is 11.8 Å². The van der Waals surface area contributed by atoms with Gasteiger partial charge in [-0.2, -0.15) is 5.56 Å². The molecular weight excluding hydrogens is 355 g/mol. The fourth-order valence-electron chi connectivity index (χ4n) is 1.84. The van der Waals surface area contributed by atoms with E-state index in [4.69, 9.17) is 21.1 Å². The van der Waals surface area contributed by atoms with E-state index < -0.39 is 5.38 Å². The molecule has 2 rings (SSSR count). The van der Waals surface area contributed by atoms with Crippen LogP contribution in [0.15, 0.2) is 24.3 Å². The van der Waals surface area contributed by atoms with Gasteiger partial charge in [-0.3, -0.25) is 4.79 Å². The van der Waals surface area contributed by atoms with E-state index in [2.05, 4.69) is 6.08 Å². The summed E-state index contributed by atoms with van der Waals surface area (Å²) in [6, 6.07) is 7.42. The summed E-state index contributed by atoms with van der Waals surface area (Å²) < 4.78 is 10.1. The second-order valence-electron chi connectivity index (χ2n) is 4.17. The molecule has 1 amide bonds. The number of ether oxygens (including phenoxy) is 2. The number of amides is 1. The summed E-state index contributed by atoms with van der Waals surface area (Å²) in [4.78, 5) is 13.3. The second-order valence-corrected chi connectivity index (χ2v) is 4.70. The largest absolute Gasteiger partial charge is 0.468 e. The first-order chi connectivity index (χ1) is 9.13. The van der Waals surface area contributed by atoms with Crippen molar-refractivity contribution in [1.82, 2.24) is 4.90 Å². The Hall–Kier alpha value is -0.416. The van der Waals surface area contributed by atoms with Gasteiger partial charge in [0, 0.05) is 46.9 Å². The van der Waals surface area contributed by atoms with Gasteiger partial charge in [0.25, 0.3) is 0 Å². The van der Waals surface area contributed by atoms with Crippen molar-refractivity contribution in [3.8, 4) is 5.75 Å². The van der Waals surface area contributed by atoms with Gasteiger partial charge in [0.05, 0.1) is 0 Å². The quantitative estimate of drug-likeness (QED) is 0.464. The molecule has 0 bridgehead atoms. The molecule has 0 N–H and O–H groups in total. The van der Waals surface area contributed by atoms with Crippen LogP contribution >= 0.6 is 11.6 Å². The molecule has 0 aromatic heterocycles. The molecule has 1 aromatic carbocycles. The van der Waals surface area contributed by atoms with Crippen molar-refractivity contribution in [2.75, 3.05) is 21.0 Å². The number of allylic oxidation sites excluding steroid dienone is 1. The van der Waals surface area contributed by atoms with Crippen molar-refractivity contribution < 1.29 is 47.0 Å². The molecule has 0 saturated heterocycles. The van der Waals surface area contributed by atoms with Gasteiger partial charge in [-0.25, -0.2) is 6.08 Å². The maximum atomic E-state index is 11.8. The van der Waals surface area contributed by atoms with Crippen LogP contribution in [-0.4, -0.2) is 37.1 Å². The van der Waals surface area contributed by atoms with Crippen molar-refractivity contribution in [2.24, 2.45) is 0 Å². The Morgan fingerprint density at radius 1 is 1.40 bits per heavy atom. The van der Waals surface area contributed by atoms with Crippen LogP contribution < -0.4 is 4.74 Å². The average Bonchev–Trinajstić information content (AvgIpc) is 2.44. The molecule has 1 radical (unpaired) electrons. The van der Waals surface area contributed by atoms with Crippen LogP contribution in [0.5, 0.6) is 5.75 Å². The summed E-state index contributed by atoms with van der Waals surface area (Å²) in [5.41, 5.74) is 1.66. The van der Waals surface area contributed by atoms with Crippen LogP contribution in [0.3, 0.4) is 0 Å². The summed E-state index contributed by atoms with van der Waals surface area (Å²) in [5, 5.41) is -0.516. The maximum Gasteiger partial charge on any atom is 0.240 e. The van der Waals surface area contributed by atoms with E-state index in [0.717, 1.165) is 11.3 Å². The zero-order valence-corrected chi connectivity index (χ0v) is 15.0. The van der Waals surface area contributed by atoms with E-state index in [-0.39, 0.29) is 45.4 Å². The number of nitrogens with zero attached hydrogens (tertiary/aromatic N) is 1. The first kappa shape index (κ1) is 17.6. The number of alkyl halides is 1. The molecule has 0 saturated carbocycles. The Morgan fingerprint density at radius 3 is 2.65 bits per heavy atom. The van der Waals surface area contributed by atoms with E-state index >= 15 is 0 Å². The Morgan fingerprint density at radius 2 is 2.05 bits per heavy atom. The van der Waals surface area contributed by atoms with E-state index in [1.807, 2.05) is 24.3 Å². The van der Waals surface area contributed by atoms with Gasteiger partial charge in [0.2, 0.25) is 5.91 Å². The molecule has 20 heavy (non-hydrogen) atoms. The van der Waals surface area contributed by atoms with Crippen LogP contribution in [0, 0.1) is 6.08 Å². The van der Waals surface area contributed by atoms with Crippen LogP contribution in [0.25, 0.3) is 5.70 Å². The van der Waals surface area contributed by atoms with E-state index in [0.29, 0.717) is 12.2 Å². The van der Waals surface area contributed by atoms with Gasteiger partial charge in [0.15, 0.2) is 6.79 Å². The topological polar surface area (TPSA) is 38.8 Å². The number of benzene rings is 1. The predicted octanol–water partition coefficient (Wildman–Crippen LogP) is 2.28. The molecule has 1 aromatic rings. The molecular formula is C14H15ClNO3Y-. The van der Waals surface area contributed by atoms with Crippen LogP contribution in [-0.2, 0) is 42.2 Å². The summed E-state index contributed by atoms with van der Waals surface area (Å²) in [5.74, 6) is 0.612. The van der Waals surface area contributed by atoms with Gasteiger partial charge in [0.1, 0.15) is 11.1 Å². The fourth-order valence-corrected chi connectivity index (χ4v) is 2.07. The molecule has 0 aliphatic carbocycles. The van der Waals surface area contributed by atoms with Crippen molar-refractivity contribution in [3.05, 3.63) is 35.9 Å². The molecule has 0 fully saturated rings. The van der Waals surface area contributed by atoms with Crippen molar-refractivity contribution >= 4 is 23.2 Å². The minimum atomic E-state index is -0.516. The third-order valence-electron chi connectivity index (χ3n) is 2.85. The monoisotopic (exact) mass is 369 g/mol. The van der Waals surface area contributed by atoms with Crippen LogP contribution in [0.2, 0.25) is 0 Å². The SMILES string of the molecule is COCOc1ccc(C2=[C-]CC(Cl)C(=O)N2C)cc1.[Y]. The van der Waals surface area contributed by atoms with Gasteiger partial charge in [-0.05, 0) is 12.1 Å². The Balaban J connectivity index is 0.00000200. The molecule has 4 nitrogen and oxygen atoms in total. The van der Waals surface area contributed by atoms with E-state index in [1.54, 1.807) is 14.2 Å². The number of hydrogen-bond donors (Lipinski definition) is 0. The molecule has 1 heterocycles. The van der Waals surface area contributed by atoms with Crippen molar-refractivity contribution in [1.29, 1.82) is 0 Å². The Labute approximate surface area is 148 Å². The molecule has 1 unspecified atom stereocenters. The number of carbonyl (C=O) groups excluding carboxylic acids is 1. The summed E-state index contributed by atoms with van der Waals surface area (Å²) in [7, 11) is 3.27. The van der Waals surface area contributed by atoms with E-state index in [9.17, 15) is 4.79 Å². The summed E-state index contributed by atoms with van der Waals surface area (Å²) in [6.07, 6.45) is 3.58. The zero-order chi connectivity index (χ0) is 13.8. The molecule has 6 heteroatoms. The number of hydrogen-bond acceptors (Lipinski definition) is 3. The molecule has 0 spiro atoms. The normalized spacial score (nSPS) is 18.4. The third kappa shape index (κ3) is 4.04. The molecule has 1 aliphatic rings. The minimum absolute atomic E-state index is 0. The predicted molar refractivity (Wildman–Crippen MR) is 72.6 cm³/mol. The van der Waals surface area contributed by atoms with Gasteiger partial charge < -0.3 is 14.4 Å². The summed E-state index contributed by atoms with van der Waals surface area (Å²) >= 11 is 5.90. The Kier molecular flexibility index (Phi) is 7.17. The second kappa shape index (κ2) is 8.13. The number of halogens is 1. The number of methoxy groups -OCH3 is 1. The third-order valence-corrected chi connectivity index (χ3v) is 3.19. The Bertz CT molecular complexity index is 490. The van der Waals surface area contributed by atoms with Crippen LogP contribution in [0.1, 0.15) is 12.0 Å². The average molecular weight is 370 g/mol. The first-order valence-electron chi connectivity index (χ1n) is 5.88. The molecule has 1 aliphatic heterocycles. The van der Waals surface area contributed by atoms with Crippen LogP contribution in [0.4, 0.5) is 0 Å². The van der Waals surface area contributed by atoms with Gasteiger partial charge in [-0.1, -0.05) is 6.42 Å². The zero-order valence-electron chi connectivity index (χ0n) is 11.4. The van der Waals surface area contributed by atoms with E-state index in [1.165, 1.54) is 4.90 Å². The number of rotatable bonds is 4. The van der Waals surface area contributed by atoms with Crippen molar-refractivity contribution in [3.63, 3.8) is 0 Å². The fraction of sp³-hybridized carbons (Fsp3) is 0.357. The summed E-state index contributed by atoms with van der Waals surface area (Å²) in [6.45, 7) is 0.209.